The first kappa shape index (κ1) is 13.2. The second-order valence-corrected chi connectivity index (χ2v) is 5.25. The standard InChI is InChI=1S/C15H20FNO/c1-3-6-15(7-8-17-10-15)14(18)13-5-4-12(16)9-11(13)2/h4-5,9,17H,3,6-8,10H2,1-2H3. The summed E-state index contributed by atoms with van der Waals surface area (Å²) in [5, 5.41) is 3.28. The minimum absolute atomic E-state index is 0.173. The van der Waals surface area contributed by atoms with Crippen LogP contribution in [-0.2, 0) is 0 Å². The molecule has 1 N–H and O–H groups in total. The molecule has 1 unspecified atom stereocenters. The molecule has 0 saturated carbocycles. The van der Waals surface area contributed by atoms with E-state index in [2.05, 4.69) is 12.2 Å². The van der Waals surface area contributed by atoms with E-state index in [9.17, 15) is 9.18 Å². The highest BCUT2D eigenvalue weighted by molar-refractivity contribution is 6.02. The van der Waals surface area contributed by atoms with Gasteiger partial charge in [0.2, 0.25) is 0 Å². The van der Waals surface area contributed by atoms with Gasteiger partial charge in [-0.25, -0.2) is 4.39 Å². The van der Waals surface area contributed by atoms with Crippen LogP contribution in [0.4, 0.5) is 4.39 Å². The molecule has 98 valence electrons. The molecule has 1 aromatic carbocycles. The van der Waals surface area contributed by atoms with Crippen molar-refractivity contribution in [3.8, 4) is 0 Å². The van der Waals surface area contributed by atoms with Crippen molar-refractivity contribution in [1.82, 2.24) is 5.32 Å². The van der Waals surface area contributed by atoms with Gasteiger partial charge in [-0.2, -0.15) is 0 Å². The monoisotopic (exact) mass is 249 g/mol. The van der Waals surface area contributed by atoms with Crippen LogP contribution in [0.15, 0.2) is 18.2 Å². The zero-order chi connectivity index (χ0) is 13.2. The van der Waals surface area contributed by atoms with E-state index in [4.69, 9.17) is 0 Å². The smallest absolute Gasteiger partial charge is 0.170 e. The third-order valence-electron chi connectivity index (χ3n) is 3.89. The van der Waals surface area contributed by atoms with Crippen molar-refractivity contribution in [3.63, 3.8) is 0 Å². The number of ketones is 1. The maximum atomic E-state index is 13.1. The Labute approximate surface area is 108 Å². The number of hydrogen-bond donors (Lipinski definition) is 1. The Morgan fingerprint density at radius 2 is 2.28 bits per heavy atom. The molecule has 1 aromatic rings. The van der Waals surface area contributed by atoms with Crippen LogP contribution >= 0.6 is 0 Å². The number of carbonyl (C=O) groups is 1. The van der Waals surface area contributed by atoms with Crippen molar-refractivity contribution in [2.24, 2.45) is 5.41 Å². The Morgan fingerprint density at radius 1 is 1.50 bits per heavy atom. The molecule has 0 amide bonds. The van der Waals surface area contributed by atoms with E-state index >= 15 is 0 Å². The lowest BCUT2D eigenvalue weighted by atomic mass is 9.75. The fourth-order valence-corrected chi connectivity index (χ4v) is 2.91. The molecule has 2 nitrogen and oxygen atoms in total. The first-order valence-electron chi connectivity index (χ1n) is 6.61. The highest BCUT2D eigenvalue weighted by atomic mass is 19.1. The van der Waals surface area contributed by atoms with Crippen LogP contribution in [0.1, 0.15) is 42.1 Å². The Kier molecular flexibility index (Phi) is 3.81. The minimum Gasteiger partial charge on any atom is -0.316 e. The molecule has 0 radical (unpaired) electrons. The van der Waals surface area contributed by atoms with Gasteiger partial charge in [0.25, 0.3) is 0 Å². The number of Topliss-reactive ketones (excluding diaryl/α,β-unsaturated/α-hetero) is 1. The highest BCUT2D eigenvalue weighted by Gasteiger charge is 2.40. The zero-order valence-electron chi connectivity index (χ0n) is 11.1. The lowest BCUT2D eigenvalue weighted by molar-refractivity contribution is 0.0801. The second-order valence-electron chi connectivity index (χ2n) is 5.25. The van der Waals surface area contributed by atoms with E-state index in [1.54, 1.807) is 13.0 Å². The summed E-state index contributed by atoms with van der Waals surface area (Å²) < 4.78 is 13.1. The summed E-state index contributed by atoms with van der Waals surface area (Å²) in [6.45, 7) is 5.55. The summed E-state index contributed by atoms with van der Waals surface area (Å²) >= 11 is 0. The van der Waals surface area contributed by atoms with E-state index in [1.165, 1.54) is 12.1 Å². The van der Waals surface area contributed by atoms with E-state index in [0.717, 1.165) is 37.9 Å². The molecule has 0 aliphatic carbocycles. The number of halogens is 1. The Balaban J connectivity index is 2.34. The summed E-state index contributed by atoms with van der Waals surface area (Å²) in [6.07, 6.45) is 2.78. The van der Waals surface area contributed by atoms with Crippen molar-refractivity contribution >= 4 is 5.78 Å². The third-order valence-corrected chi connectivity index (χ3v) is 3.89. The molecule has 0 spiro atoms. The van der Waals surface area contributed by atoms with Crippen molar-refractivity contribution in [2.75, 3.05) is 13.1 Å². The lowest BCUT2D eigenvalue weighted by Crippen LogP contribution is -2.34. The number of nitrogens with one attached hydrogen (secondary N) is 1. The Hall–Kier alpha value is -1.22. The maximum absolute atomic E-state index is 13.1. The van der Waals surface area contributed by atoms with Gasteiger partial charge >= 0.3 is 0 Å². The summed E-state index contributed by atoms with van der Waals surface area (Å²) in [7, 11) is 0. The van der Waals surface area contributed by atoms with Gasteiger partial charge in [0.05, 0.1) is 0 Å². The quantitative estimate of drug-likeness (QED) is 0.831. The summed E-state index contributed by atoms with van der Waals surface area (Å²) in [5.74, 6) is -0.106. The first-order valence-corrected chi connectivity index (χ1v) is 6.61. The first-order chi connectivity index (χ1) is 8.59. The second kappa shape index (κ2) is 5.19. The zero-order valence-corrected chi connectivity index (χ0v) is 11.1. The summed E-state index contributed by atoms with van der Waals surface area (Å²) in [6, 6.07) is 4.44. The van der Waals surface area contributed by atoms with Gasteiger partial charge in [-0.1, -0.05) is 13.3 Å². The van der Waals surface area contributed by atoms with Crippen molar-refractivity contribution in [3.05, 3.63) is 35.1 Å². The highest BCUT2D eigenvalue weighted by Crippen LogP contribution is 2.35. The predicted octanol–water partition coefficient (Wildman–Crippen LogP) is 3.10. The molecule has 0 aromatic heterocycles. The average molecular weight is 249 g/mol. The fraction of sp³-hybridized carbons (Fsp3) is 0.533. The molecular formula is C15H20FNO. The lowest BCUT2D eigenvalue weighted by Gasteiger charge is -2.27. The van der Waals surface area contributed by atoms with Crippen LogP contribution < -0.4 is 5.32 Å². The summed E-state index contributed by atoms with van der Waals surface area (Å²) in [5.41, 5.74) is 1.13. The van der Waals surface area contributed by atoms with Crippen LogP contribution in [0, 0.1) is 18.2 Å². The average Bonchev–Trinajstić information content (AvgIpc) is 2.78. The number of aryl methyl sites for hydroxylation is 1. The largest absolute Gasteiger partial charge is 0.316 e. The molecule has 3 heteroatoms. The number of rotatable bonds is 4. The topological polar surface area (TPSA) is 29.1 Å². The molecule has 1 fully saturated rings. The molecule has 1 atom stereocenters. The SMILES string of the molecule is CCCC1(C(=O)c2ccc(F)cc2C)CCNC1. The molecule has 1 heterocycles. The number of carbonyl (C=O) groups excluding carboxylic acids is 1. The number of hydrogen-bond acceptors (Lipinski definition) is 2. The third kappa shape index (κ3) is 2.32. The van der Waals surface area contributed by atoms with Gasteiger partial charge < -0.3 is 5.32 Å². The van der Waals surface area contributed by atoms with Gasteiger partial charge in [-0.05, 0) is 50.1 Å². The van der Waals surface area contributed by atoms with Gasteiger partial charge in [0, 0.05) is 17.5 Å². The maximum Gasteiger partial charge on any atom is 0.170 e. The van der Waals surface area contributed by atoms with Crippen molar-refractivity contribution < 1.29 is 9.18 Å². The minimum atomic E-state index is -0.280. The molecule has 1 aliphatic heterocycles. The van der Waals surface area contributed by atoms with Crippen LogP contribution in [-0.4, -0.2) is 18.9 Å². The summed E-state index contributed by atoms with van der Waals surface area (Å²) in [4.78, 5) is 12.7. The van der Waals surface area contributed by atoms with Crippen LogP contribution in [0.3, 0.4) is 0 Å². The Bertz CT molecular complexity index is 450. The van der Waals surface area contributed by atoms with Crippen LogP contribution in [0.2, 0.25) is 0 Å². The molecule has 0 bridgehead atoms. The van der Waals surface area contributed by atoms with Crippen LogP contribution in [0.25, 0.3) is 0 Å². The van der Waals surface area contributed by atoms with Crippen molar-refractivity contribution in [1.29, 1.82) is 0 Å². The predicted molar refractivity (Wildman–Crippen MR) is 70.3 cm³/mol. The van der Waals surface area contributed by atoms with E-state index in [-0.39, 0.29) is 17.0 Å². The molecule has 2 rings (SSSR count). The van der Waals surface area contributed by atoms with E-state index < -0.39 is 0 Å². The molecule has 18 heavy (non-hydrogen) atoms. The molecule has 1 saturated heterocycles. The van der Waals surface area contributed by atoms with E-state index in [1.807, 2.05) is 0 Å². The van der Waals surface area contributed by atoms with Crippen molar-refractivity contribution in [2.45, 2.75) is 33.1 Å². The van der Waals surface area contributed by atoms with E-state index in [0.29, 0.717) is 5.56 Å². The van der Waals surface area contributed by atoms with Gasteiger partial charge in [-0.15, -0.1) is 0 Å². The Morgan fingerprint density at radius 3 is 2.83 bits per heavy atom. The molecule has 1 aliphatic rings. The number of benzene rings is 1. The fourth-order valence-electron chi connectivity index (χ4n) is 2.91. The van der Waals surface area contributed by atoms with Crippen LogP contribution in [0.5, 0.6) is 0 Å². The normalized spacial score (nSPS) is 23.3. The van der Waals surface area contributed by atoms with Gasteiger partial charge in [-0.3, -0.25) is 4.79 Å². The van der Waals surface area contributed by atoms with Gasteiger partial charge in [0.1, 0.15) is 5.82 Å². The molecular weight excluding hydrogens is 229 g/mol. The van der Waals surface area contributed by atoms with Gasteiger partial charge in [0.15, 0.2) is 5.78 Å².